The van der Waals surface area contributed by atoms with Gasteiger partial charge in [-0.15, -0.1) is 0 Å². The van der Waals surface area contributed by atoms with E-state index in [9.17, 15) is 22.0 Å². The van der Waals surface area contributed by atoms with Gasteiger partial charge >= 0.3 is 0 Å². The minimum Gasteiger partial charge on any atom is -0.348 e. The standard InChI is InChI=1S/C20H24F2N2O3S/c1-5-19(15-7-6-13(2)14(3)10-15)23-20(25)12-24(28(4,26)27)16-8-9-17(21)18(22)11-16/h6-11,19H,5,12H2,1-4H3,(H,23,25). The number of anilines is 1. The number of nitrogens with zero attached hydrogens (tertiary/aromatic N) is 1. The van der Waals surface area contributed by atoms with Gasteiger partial charge in [-0.05, 0) is 49.1 Å². The number of aryl methyl sites for hydroxylation is 2. The highest BCUT2D eigenvalue weighted by atomic mass is 32.2. The number of hydrogen-bond donors (Lipinski definition) is 1. The lowest BCUT2D eigenvalue weighted by Crippen LogP contribution is -2.41. The molecule has 0 fully saturated rings. The lowest BCUT2D eigenvalue weighted by Gasteiger charge is -2.24. The number of nitrogens with one attached hydrogen (secondary N) is 1. The summed E-state index contributed by atoms with van der Waals surface area (Å²) in [6, 6.07) is 8.26. The molecule has 28 heavy (non-hydrogen) atoms. The maximum atomic E-state index is 13.5. The van der Waals surface area contributed by atoms with Gasteiger partial charge in [0, 0.05) is 6.07 Å². The van der Waals surface area contributed by atoms with E-state index in [1.54, 1.807) is 0 Å². The van der Waals surface area contributed by atoms with Crippen LogP contribution in [0.4, 0.5) is 14.5 Å². The molecule has 1 N–H and O–H groups in total. The molecule has 0 bridgehead atoms. The molecular formula is C20H24F2N2O3S. The summed E-state index contributed by atoms with van der Waals surface area (Å²) in [6.07, 6.45) is 1.51. The van der Waals surface area contributed by atoms with Gasteiger partial charge in [-0.1, -0.05) is 25.1 Å². The average Bonchev–Trinajstić information content (AvgIpc) is 2.61. The second-order valence-corrected chi connectivity index (χ2v) is 8.65. The summed E-state index contributed by atoms with van der Waals surface area (Å²) in [5.41, 5.74) is 3.02. The van der Waals surface area contributed by atoms with Crippen LogP contribution in [0, 0.1) is 25.5 Å². The third kappa shape index (κ3) is 5.28. The topological polar surface area (TPSA) is 66.5 Å². The minimum atomic E-state index is -3.88. The molecule has 8 heteroatoms. The van der Waals surface area contributed by atoms with Crippen LogP contribution >= 0.6 is 0 Å². The molecule has 0 radical (unpaired) electrons. The highest BCUT2D eigenvalue weighted by molar-refractivity contribution is 7.92. The Hall–Kier alpha value is -2.48. The molecule has 2 rings (SSSR count). The Labute approximate surface area is 164 Å². The lowest BCUT2D eigenvalue weighted by atomic mass is 9.99. The molecule has 5 nitrogen and oxygen atoms in total. The van der Waals surface area contributed by atoms with E-state index in [1.807, 2.05) is 39.0 Å². The molecular weight excluding hydrogens is 386 g/mol. The number of sulfonamides is 1. The van der Waals surface area contributed by atoms with Crippen LogP contribution in [0.1, 0.15) is 36.1 Å². The van der Waals surface area contributed by atoms with Crippen molar-refractivity contribution in [3.8, 4) is 0 Å². The highest BCUT2D eigenvalue weighted by Crippen LogP contribution is 2.22. The van der Waals surface area contributed by atoms with Crippen molar-refractivity contribution in [3.05, 3.63) is 64.7 Å². The van der Waals surface area contributed by atoms with E-state index < -0.39 is 34.1 Å². The zero-order chi connectivity index (χ0) is 21.1. The summed E-state index contributed by atoms with van der Waals surface area (Å²) in [7, 11) is -3.88. The van der Waals surface area contributed by atoms with Gasteiger partial charge < -0.3 is 5.32 Å². The van der Waals surface area contributed by atoms with Crippen LogP contribution in [0.5, 0.6) is 0 Å². The van der Waals surface area contributed by atoms with Crippen molar-refractivity contribution in [3.63, 3.8) is 0 Å². The second kappa shape index (κ2) is 8.68. The summed E-state index contributed by atoms with van der Waals surface area (Å²) in [5, 5.41) is 2.82. The van der Waals surface area contributed by atoms with E-state index in [0.717, 1.165) is 45.5 Å². The molecule has 0 aromatic heterocycles. The molecule has 0 aliphatic heterocycles. The fraction of sp³-hybridized carbons (Fsp3) is 0.350. The smallest absolute Gasteiger partial charge is 0.241 e. The number of halogens is 2. The number of amides is 1. The predicted molar refractivity (Wildman–Crippen MR) is 106 cm³/mol. The molecule has 1 amide bonds. The van der Waals surface area contributed by atoms with Gasteiger partial charge in [0.2, 0.25) is 15.9 Å². The van der Waals surface area contributed by atoms with Crippen LogP contribution in [0.25, 0.3) is 0 Å². The number of hydrogen-bond acceptors (Lipinski definition) is 3. The molecule has 1 atom stereocenters. The maximum absolute atomic E-state index is 13.5. The van der Waals surface area contributed by atoms with E-state index in [1.165, 1.54) is 0 Å². The van der Waals surface area contributed by atoms with Crippen LogP contribution in [0.15, 0.2) is 36.4 Å². The Morgan fingerprint density at radius 1 is 1.07 bits per heavy atom. The third-order valence-corrected chi connectivity index (χ3v) is 5.70. The quantitative estimate of drug-likeness (QED) is 0.758. The van der Waals surface area contributed by atoms with Gasteiger partial charge in [-0.25, -0.2) is 17.2 Å². The van der Waals surface area contributed by atoms with Crippen LogP contribution in [0.2, 0.25) is 0 Å². The Bertz CT molecular complexity index is 977. The second-order valence-electron chi connectivity index (χ2n) is 6.74. The number of carbonyl (C=O) groups excluding carboxylic acids is 1. The largest absolute Gasteiger partial charge is 0.348 e. The molecule has 0 spiro atoms. The first-order valence-electron chi connectivity index (χ1n) is 8.82. The van der Waals surface area contributed by atoms with Crippen molar-refractivity contribution in [1.29, 1.82) is 0 Å². The molecule has 152 valence electrons. The Morgan fingerprint density at radius 2 is 1.75 bits per heavy atom. The van der Waals surface area contributed by atoms with Crippen molar-refractivity contribution in [2.75, 3.05) is 17.1 Å². The summed E-state index contributed by atoms with van der Waals surface area (Å²) >= 11 is 0. The number of carbonyl (C=O) groups is 1. The van der Waals surface area contributed by atoms with Crippen molar-refractivity contribution in [2.45, 2.75) is 33.2 Å². The summed E-state index contributed by atoms with van der Waals surface area (Å²) in [4.78, 5) is 12.5. The summed E-state index contributed by atoms with van der Waals surface area (Å²) in [5.74, 6) is -2.82. The number of rotatable bonds is 7. The zero-order valence-electron chi connectivity index (χ0n) is 16.3. The van der Waals surface area contributed by atoms with Crippen molar-refractivity contribution in [1.82, 2.24) is 5.32 Å². The molecule has 1 unspecified atom stereocenters. The molecule has 2 aromatic carbocycles. The molecule has 2 aromatic rings. The van der Waals surface area contributed by atoms with Crippen molar-refractivity contribution >= 4 is 21.6 Å². The monoisotopic (exact) mass is 410 g/mol. The van der Waals surface area contributed by atoms with Gasteiger partial charge in [0.1, 0.15) is 6.54 Å². The van der Waals surface area contributed by atoms with E-state index in [2.05, 4.69) is 5.32 Å². The van der Waals surface area contributed by atoms with Crippen molar-refractivity contribution in [2.24, 2.45) is 0 Å². The fourth-order valence-corrected chi connectivity index (χ4v) is 3.66. The Morgan fingerprint density at radius 3 is 2.29 bits per heavy atom. The van der Waals surface area contributed by atoms with Gasteiger partial charge in [0.05, 0.1) is 18.0 Å². The minimum absolute atomic E-state index is 0.115. The van der Waals surface area contributed by atoms with Gasteiger partial charge in [-0.2, -0.15) is 0 Å². The Balaban J connectivity index is 2.22. The van der Waals surface area contributed by atoms with Crippen LogP contribution in [-0.2, 0) is 14.8 Å². The van der Waals surface area contributed by atoms with E-state index in [-0.39, 0.29) is 11.7 Å². The normalized spacial score (nSPS) is 12.5. The Kier molecular flexibility index (Phi) is 6.77. The molecule has 0 saturated heterocycles. The van der Waals surface area contributed by atoms with Crippen LogP contribution in [0.3, 0.4) is 0 Å². The first kappa shape index (κ1) is 21.8. The summed E-state index contributed by atoms with van der Waals surface area (Å²) in [6.45, 7) is 5.33. The van der Waals surface area contributed by atoms with E-state index in [4.69, 9.17) is 0 Å². The maximum Gasteiger partial charge on any atom is 0.241 e. The fourth-order valence-electron chi connectivity index (χ4n) is 2.81. The molecule has 0 saturated carbocycles. The van der Waals surface area contributed by atoms with E-state index in [0.29, 0.717) is 6.42 Å². The van der Waals surface area contributed by atoms with Crippen molar-refractivity contribution < 1.29 is 22.0 Å². The highest BCUT2D eigenvalue weighted by Gasteiger charge is 2.23. The SMILES string of the molecule is CCC(NC(=O)CN(c1ccc(F)c(F)c1)S(C)(=O)=O)c1ccc(C)c(C)c1. The first-order chi connectivity index (χ1) is 13.0. The molecule has 0 heterocycles. The van der Waals surface area contributed by atoms with Crippen LogP contribution in [-0.4, -0.2) is 27.1 Å². The van der Waals surface area contributed by atoms with Gasteiger partial charge in [0.15, 0.2) is 11.6 Å². The molecule has 0 aliphatic carbocycles. The van der Waals surface area contributed by atoms with E-state index >= 15 is 0 Å². The molecule has 0 aliphatic rings. The van der Waals surface area contributed by atoms with Gasteiger partial charge in [0.25, 0.3) is 0 Å². The zero-order valence-corrected chi connectivity index (χ0v) is 17.1. The first-order valence-corrected chi connectivity index (χ1v) is 10.7. The third-order valence-electron chi connectivity index (χ3n) is 4.56. The predicted octanol–water partition coefficient (Wildman–Crippen LogP) is 3.62. The lowest BCUT2D eigenvalue weighted by molar-refractivity contribution is -0.120. The van der Waals surface area contributed by atoms with Crippen LogP contribution < -0.4 is 9.62 Å². The summed E-state index contributed by atoms with van der Waals surface area (Å²) < 4.78 is 51.6. The van der Waals surface area contributed by atoms with Gasteiger partial charge in [-0.3, -0.25) is 9.10 Å². The average molecular weight is 410 g/mol. The number of benzene rings is 2.